The largest absolute Gasteiger partial charge is 0.444 e. The fourth-order valence-electron chi connectivity index (χ4n) is 2.82. The van der Waals surface area contributed by atoms with Crippen LogP contribution >= 0.6 is 0 Å². The Morgan fingerprint density at radius 1 is 1.18 bits per heavy atom. The maximum Gasteiger partial charge on any atom is 0.226 e. The Morgan fingerprint density at radius 3 is 2.71 bits per heavy atom. The number of aliphatic imine (C=N–C) groups is 1. The van der Waals surface area contributed by atoms with Gasteiger partial charge in [0, 0.05) is 24.3 Å². The lowest BCUT2D eigenvalue weighted by molar-refractivity contribution is 0.572. The molecule has 3 aromatic rings. The number of hydrogen-bond donors (Lipinski definition) is 3. The van der Waals surface area contributed by atoms with Gasteiger partial charge in [0.1, 0.15) is 12.0 Å². The minimum Gasteiger partial charge on any atom is -0.444 e. The summed E-state index contributed by atoms with van der Waals surface area (Å²) in [5.41, 5.74) is 5.39. The maximum atomic E-state index is 5.60. The highest BCUT2D eigenvalue weighted by molar-refractivity contribution is 5.79. The van der Waals surface area contributed by atoms with E-state index < -0.39 is 0 Å². The van der Waals surface area contributed by atoms with Gasteiger partial charge in [0.05, 0.1) is 12.7 Å². The molecule has 0 saturated heterocycles. The highest BCUT2D eigenvalue weighted by atomic mass is 16.3. The van der Waals surface area contributed by atoms with E-state index in [2.05, 4.69) is 56.8 Å². The summed E-state index contributed by atoms with van der Waals surface area (Å²) in [6, 6.07) is 8.13. The van der Waals surface area contributed by atoms with E-state index in [1.807, 2.05) is 25.3 Å². The van der Waals surface area contributed by atoms with Crippen molar-refractivity contribution in [2.75, 3.05) is 13.1 Å². The Labute approximate surface area is 165 Å². The zero-order valence-electron chi connectivity index (χ0n) is 16.7. The smallest absolute Gasteiger partial charge is 0.226 e. The summed E-state index contributed by atoms with van der Waals surface area (Å²) in [4.78, 5) is 9.15. The van der Waals surface area contributed by atoms with Crippen LogP contribution in [0, 0.1) is 13.8 Å². The number of hydrogen-bond acceptors (Lipinski definition) is 4. The quantitative estimate of drug-likeness (QED) is 0.317. The van der Waals surface area contributed by atoms with Gasteiger partial charge in [0.15, 0.2) is 5.96 Å². The molecule has 7 heteroatoms. The van der Waals surface area contributed by atoms with Crippen LogP contribution in [0.5, 0.6) is 0 Å². The van der Waals surface area contributed by atoms with E-state index in [1.54, 1.807) is 6.26 Å². The molecule has 0 spiro atoms. The minimum absolute atomic E-state index is 0.464. The van der Waals surface area contributed by atoms with Crippen molar-refractivity contribution in [1.29, 1.82) is 0 Å². The van der Waals surface area contributed by atoms with Crippen molar-refractivity contribution in [1.82, 2.24) is 25.8 Å². The molecule has 2 heterocycles. The Hall–Kier alpha value is -3.09. The molecule has 7 nitrogen and oxygen atoms in total. The standard InChI is InChI=1S/C21H28N6O/c1-4-22-21(23-11-5-6-18-12-25-27-16(18)3)24-13-19-14-28-20(26-19)17-9-7-15(2)8-10-17/h7-10,12,14H,4-6,11,13H2,1-3H3,(H,25,27)(H2,22,23,24). The van der Waals surface area contributed by atoms with Gasteiger partial charge in [-0.05, 0) is 51.3 Å². The van der Waals surface area contributed by atoms with Crippen LogP contribution in [0.25, 0.3) is 11.5 Å². The van der Waals surface area contributed by atoms with Gasteiger partial charge in [-0.3, -0.25) is 5.10 Å². The third-order valence-electron chi connectivity index (χ3n) is 4.44. The van der Waals surface area contributed by atoms with Crippen molar-refractivity contribution in [2.24, 2.45) is 4.99 Å². The number of aromatic amines is 1. The van der Waals surface area contributed by atoms with Gasteiger partial charge >= 0.3 is 0 Å². The monoisotopic (exact) mass is 380 g/mol. The van der Waals surface area contributed by atoms with Gasteiger partial charge < -0.3 is 15.1 Å². The minimum atomic E-state index is 0.464. The van der Waals surface area contributed by atoms with Crippen molar-refractivity contribution in [3.05, 3.63) is 59.2 Å². The van der Waals surface area contributed by atoms with E-state index in [1.165, 1.54) is 11.1 Å². The van der Waals surface area contributed by atoms with Crippen molar-refractivity contribution in [3.8, 4) is 11.5 Å². The van der Waals surface area contributed by atoms with E-state index in [0.717, 1.165) is 48.8 Å². The van der Waals surface area contributed by atoms with Crippen molar-refractivity contribution < 1.29 is 4.42 Å². The third-order valence-corrected chi connectivity index (χ3v) is 4.44. The lowest BCUT2D eigenvalue weighted by Crippen LogP contribution is -2.37. The lowest BCUT2D eigenvalue weighted by atomic mass is 10.1. The second-order valence-corrected chi connectivity index (χ2v) is 6.76. The molecule has 148 valence electrons. The van der Waals surface area contributed by atoms with Crippen molar-refractivity contribution >= 4 is 5.96 Å². The highest BCUT2D eigenvalue weighted by Gasteiger charge is 2.07. The fraction of sp³-hybridized carbons (Fsp3) is 0.381. The number of H-pyrrole nitrogens is 1. The summed E-state index contributed by atoms with van der Waals surface area (Å²) >= 11 is 0. The van der Waals surface area contributed by atoms with E-state index in [-0.39, 0.29) is 0 Å². The van der Waals surface area contributed by atoms with E-state index >= 15 is 0 Å². The first-order valence-electron chi connectivity index (χ1n) is 9.68. The molecule has 0 unspecified atom stereocenters. The number of nitrogens with one attached hydrogen (secondary N) is 3. The molecule has 0 bridgehead atoms. The van der Waals surface area contributed by atoms with Gasteiger partial charge in [0.2, 0.25) is 5.89 Å². The average Bonchev–Trinajstić information content (AvgIpc) is 3.33. The maximum absolute atomic E-state index is 5.60. The summed E-state index contributed by atoms with van der Waals surface area (Å²) in [5.74, 6) is 1.41. The molecule has 1 aromatic carbocycles. The highest BCUT2D eigenvalue weighted by Crippen LogP contribution is 2.19. The van der Waals surface area contributed by atoms with E-state index in [9.17, 15) is 0 Å². The Morgan fingerprint density at radius 2 is 2.00 bits per heavy atom. The van der Waals surface area contributed by atoms with E-state index in [4.69, 9.17) is 4.42 Å². The van der Waals surface area contributed by atoms with Crippen LogP contribution in [0.15, 0.2) is 46.1 Å². The number of oxazole rings is 1. The predicted octanol–water partition coefficient (Wildman–Crippen LogP) is 3.37. The molecule has 0 amide bonds. The second kappa shape index (κ2) is 9.73. The SMILES string of the molecule is CCNC(=NCc1coc(-c2ccc(C)cc2)n1)NCCCc1cn[nH]c1C. The molecule has 0 fully saturated rings. The number of aromatic nitrogens is 3. The molecule has 2 aromatic heterocycles. The summed E-state index contributed by atoms with van der Waals surface area (Å²) < 4.78 is 5.60. The molecular weight excluding hydrogens is 352 g/mol. The average molecular weight is 380 g/mol. The molecule has 0 aliphatic rings. The molecular formula is C21H28N6O. The molecule has 0 radical (unpaired) electrons. The summed E-state index contributed by atoms with van der Waals surface area (Å²) in [6.45, 7) is 8.27. The zero-order valence-corrected chi connectivity index (χ0v) is 16.7. The van der Waals surface area contributed by atoms with Crippen molar-refractivity contribution in [2.45, 2.75) is 40.2 Å². The lowest BCUT2D eigenvalue weighted by Gasteiger charge is -2.10. The molecule has 28 heavy (non-hydrogen) atoms. The molecule has 0 saturated carbocycles. The van der Waals surface area contributed by atoms with Crippen LogP contribution in [0.2, 0.25) is 0 Å². The fourth-order valence-corrected chi connectivity index (χ4v) is 2.82. The van der Waals surface area contributed by atoms with Crippen LogP contribution in [0.1, 0.15) is 35.9 Å². The van der Waals surface area contributed by atoms with Crippen LogP contribution < -0.4 is 10.6 Å². The van der Waals surface area contributed by atoms with Gasteiger partial charge in [-0.25, -0.2) is 9.98 Å². The van der Waals surface area contributed by atoms with Gasteiger partial charge in [-0.2, -0.15) is 5.10 Å². The normalized spacial score (nSPS) is 11.6. The third kappa shape index (κ3) is 5.45. The molecule has 0 aliphatic carbocycles. The first-order valence-corrected chi connectivity index (χ1v) is 9.68. The molecule has 0 aliphatic heterocycles. The molecule has 0 atom stereocenters. The number of benzene rings is 1. The van der Waals surface area contributed by atoms with Crippen molar-refractivity contribution in [3.63, 3.8) is 0 Å². The number of nitrogens with zero attached hydrogens (tertiary/aromatic N) is 3. The Kier molecular flexibility index (Phi) is 6.84. The zero-order chi connectivity index (χ0) is 19.8. The van der Waals surface area contributed by atoms with E-state index in [0.29, 0.717) is 12.4 Å². The number of rotatable bonds is 8. The molecule has 3 N–H and O–H groups in total. The second-order valence-electron chi connectivity index (χ2n) is 6.76. The Bertz CT molecular complexity index is 894. The van der Waals surface area contributed by atoms with Crippen LogP contribution in [0.4, 0.5) is 0 Å². The van der Waals surface area contributed by atoms with Crippen LogP contribution in [-0.2, 0) is 13.0 Å². The molecule has 3 rings (SSSR count). The summed E-state index contributed by atoms with van der Waals surface area (Å²) in [6.07, 6.45) is 5.55. The number of aryl methyl sites for hydroxylation is 3. The summed E-state index contributed by atoms with van der Waals surface area (Å²) in [7, 11) is 0. The van der Waals surface area contributed by atoms with Gasteiger partial charge in [-0.15, -0.1) is 0 Å². The first-order chi connectivity index (χ1) is 13.7. The Balaban J connectivity index is 1.52. The van der Waals surface area contributed by atoms with Gasteiger partial charge in [-0.1, -0.05) is 17.7 Å². The topological polar surface area (TPSA) is 91.1 Å². The summed E-state index contributed by atoms with van der Waals surface area (Å²) in [5, 5.41) is 13.7. The van der Waals surface area contributed by atoms with Crippen LogP contribution in [0.3, 0.4) is 0 Å². The number of guanidine groups is 1. The first kappa shape index (κ1) is 19.7. The van der Waals surface area contributed by atoms with Gasteiger partial charge in [0.25, 0.3) is 0 Å². The predicted molar refractivity (Wildman–Crippen MR) is 111 cm³/mol. The van der Waals surface area contributed by atoms with Crippen LogP contribution in [-0.4, -0.2) is 34.2 Å².